The Hall–Kier alpha value is -1.81. The largest absolute Gasteiger partial charge is 0.491 e. The number of aromatic nitrogens is 2. The first-order valence-corrected chi connectivity index (χ1v) is 7.46. The van der Waals surface area contributed by atoms with Crippen molar-refractivity contribution in [1.82, 2.24) is 14.9 Å². The number of nitrogens with zero attached hydrogens (tertiary/aromatic N) is 2. The molecule has 1 aromatic carbocycles. The van der Waals surface area contributed by atoms with Crippen molar-refractivity contribution in [3.8, 4) is 11.4 Å². The summed E-state index contributed by atoms with van der Waals surface area (Å²) in [6, 6.07) is 8.14. The molecule has 0 spiro atoms. The minimum absolute atomic E-state index is 0.149. The zero-order valence-electron chi connectivity index (χ0n) is 13.6. The van der Waals surface area contributed by atoms with Gasteiger partial charge in [0.2, 0.25) is 0 Å². The number of hydrogen-bond acceptors (Lipinski definition) is 3. The maximum atomic E-state index is 5.90. The van der Waals surface area contributed by atoms with Crippen LogP contribution in [0.15, 0.2) is 36.8 Å². The lowest BCUT2D eigenvalue weighted by molar-refractivity contribution is 0.217. The third-order valence-electron chi connectivity index (χ3n) is 3.91. The summed E-state index contributed by atoms with van der Waals surface area (Å²) >= 11 is 0. The molecule has 2 rings (SSSR count). The molecule has 1 unspecified atom stereocenters. The zero-order valence-corrected chi connectivity index (χ0v) is 13.6. The van der Waals surface area contributed by atoms with Crippen LogP contribution in [0.3, 0.4) is 0 Å². The minimum atomic E-state index is -0.149. The van der Waals surface area contributed by atoms with E-state index in [0.717, 1.165) is 23.6 Å². The number of rotatable bonds is 6. The number of hydrogen-bond donors (Lipinski definition) is 1. The highest BCUT2D eigenvalue weighted by atomic mass is 16.5. The normalized spacial score (nSPS) is 13.2. The Kier molecular flexibility index (Phi) is 4.68. The van der Waals surface area contributed by atoms with Crippen molar-refractivity contribution < 1.29 is 4.74 Å². The van der Waals surface area contributed by atoms with Crippen molar-refractivity contribution >= 4 is 0 Å². The first-order valence-electron chi connectivity index (χ1n) is 7.46. The molecule has 1 atom stereocenters. The molecule has 0 aliphatic heterocycles. The van der Waals surface area contributed by atoms with Crippen molar-refractivity contribution in [2.24, 2.45) is 0 Å². The van der Waals surface area contributed by atoms with E-state index in [4.69, 9.17) is 4.74 Å². The molecular formula is C17H25N3O. The van der Waals surface area contributed by atoms with Crippen molar-refractivity contribution in [3.63, 3.8) is 0 Å². The van der Waals surface area contributed by atoms with Gasteiger partial charge in [-0.25, -0.2) is 4.98 Å². The summed E-state index contributed by atoms with van der Waals surface area (Å²) in [5, 5.41) is 3.32. The average molecular weight is 287 g/mol. The predicted molar refractivity (Wildman–Crippen MR) is 86.0 cm³/mol. The monoisotopic (exact) mass is 287 g/mol. The molecule has 0 radical (unpaired) electrons. The van der Waals surface area contributed by atoms with Crippen LogP contribution < -0.4 is 10.1 Å². The van der Waals surface area contributed by atoms with Crippen LogP contribution in [0.2, 0.25) is 0 Å². The molecule has 0 saturated carbocycles. The molecular weight excluding hydrogens is 262 g/mol. The van der Waals surface area contributed by atoms with E-state index in [0.29, 0.717) is 0 Å². The van der Waals surface area contributed by atoms with Gasteiger partial charge in [0, 0.05) is 6.07 Å². The number of benzene rings is 1. The lowest BCUT2D eigenvalue weighted by Crippen LogP contribution is -2.35. The summed E-state index contributed by atoms with van der Waals surface area (Å²) in [5.41, 5.74) is 2.03. The molecule has 0 amide bonds. The van der Waals surface area contributed by atoms with Crippen molar-refractivity contribution in [2.45, 2.75) is 45.8 Å². The van der Waals surface area contributed by atoms with Gasteiger partial charge >= 0.3 is 0 Å². The minimum Gasteiger partial charge on any atom is -0.491 e. The average Bonchev–Trinajstić information content (AvgIpc) is 2.97. The molecule has 0 bridgehead atoms. The summed E-state index contributed by atoms with van der Waals surface area (Å²) in [6.45, 7) is 8.48. The smallest absolute Gasteiger partial charge is 0.121 e. The number of nitrogens with one attached hydrogen (secondary N) is 1. The highest BCUT2D eigenvalue weighted by Crippen LogP contribution is 2.25. The van der Waals surface area contributed by atoms with E-state index < -0.39 is 0 Å². The quantitative estimate of drug-likeness (QED) is 0.883. The van der Waals surface area contributed by atoms with Crippen LogP contribution in [0.25, 0.3) is 5.69 Å². The van der Waals surface area contributed by atoms with Crippen LogP contribution in [-0.4, -0.2) is 22.7 Å². The first-order chi connectivity index (χ1) is 9.97. The van der Waals surface area contributed by atoms with Crippen LogP contribution in [0, 0.1) is 0 Å². The first kappa shape index (κ1) is 15.6. The van der Waals surface area contributed by atoms with Crippen LogP contribution in [0.1, 0.15) is 39.8 Å². The molecule has 0 fully saturated rings. The summed E-state index contributed by atoms with van der Waals surface area (Å²) in [5.74, 6) is 0.892. The summed E-state index contributed by atoms with van der Waals surface area (Å²) in [7, 11) is 1.96. The lowest BCUT2D eigenvalue weighted by atomic mass is 10.0. The van der Waals surface area contributed by atoms with E-state index in [9.17, 15) is 0 Å². The Labute approximate surface area is 127 Å². The van der Waals surface area contributed by atoms with Gasteiger partial charge in [-0.05, 0) is 46.4 Å². The predicted octanol–water partition coefficient (Wildman–Crippen LogP) is 3.50. The lowest BCUT2D eigenvalue weighted by Gasteiger charge is -2.25. The Morgan fingerprint density at radius 1 is 1.38 bits per heavy atom. The van der Waals surface area contributed by atoms with Crippen molar-refractivity contribution in [1.29, 1.82) is 0 Å². The van der Waals surface area contributed by atoms with Gasteiger partial charge in [-0.15, -0.1) is 0 Å². The van der Waals surface area contributed by atoms with E-state index >= 15 is 0 Å². The third-order valence-corrected chi connectivity index (χ3v) is 3.91. The van der Waals surface area contributed by atoms with E-state index in [1.807, 2.05) is 31.7 Å². The molecule has 1 heterocycles. The Morgan fingerprint density at radius 2 is 2.14 bits per heavy atom. The van der Waals surface area contributed by atoms with E-state index in [1.54, 1.807) is 0 Å². The third kappa shape index (κ3) is 3.45. The Balaban J connectivity index is 2.35. The maximum Gasteiger partial charge on any atom is 0.121 e. The second kappa shape index (κ2) is 6.31. The van der Waals surface area contributed by atoms with Gasteiger partial charge in [0.25, 0.3) is 0 Å². The van der Waals surface area contributed by atoms with Gasteiger partial charge in [-0.1, -0.05) is 13.0 Å². The van der Waals surface area contributed by atoms with Gasteiger partial charge in [0.05, 0.1) is 35.5 Å². The highest BCUT2D eigenvalue weighted by Gasteiger charge is 2.22. The Morgan fingerprint density at radius 3 is 2.81 bits per heavy atom. The fourth-order valence-electron chi connectivity index (χ4n) is 2.11. The van der Waals surface area contributed by atoms with Gasteiger partial charge < -0.3 is 14.6 Å². The zero-order chi connectivity index (χ0) is 15.5. The van der Waals surface area contributed by atoms with Crippen molar-refractivity contribution in [2.75, 3.05) is 7.05 Å². The van der Waals surface area contributed by atoms with Crippen molar-refractivity contribution in [3.05, 3.63) is 42.5 Å². The number of ether oxygens (including phenoxy) is 1. The molecule has 0 aliphatic rings. The van der Waals surface area contributed by atoms with Crippen LogP contribution >= 0.6 is 0 Å². The molecule has 21 heavy (non-hydrogen) atoms. The van der Waals surface area contributed by atoms with E-state index in [2.05, 4.69) is 54.7 Å². The molecule has 114 valence electrons. The highest BCUT2D eigenvalue weighted by molar-refractivity contribution is 5.41. The molecule has 1 N–H and O–H groups in total. The van der Waals surface area contributed by atoms with Crippen LogP contribution in [-0.2, 0) is 5.54 Å². The van der Waals surface area contributed by atoms with Crippen LogP contribution in [0.4, 0.5) is 0 Å². The van der Waals surface area contributed by atoms with Crippen LogP contribution in [0.5, 0.6) is 5.75 Å². The standard InChI is InChI=1S/C17H25N3O/c1-6-13(2)21-15-9-7-8-14(10-15)20-12-19-11-16(20)17(3,4)18-5/h7-13,18H,6H2,1-5H3. The summed E-state index contributed by atoms with van der Waals surface area (Å²) in [4.78, 5) is 4.30. The van der Waals surface area contributed by atoms with Gasteiger partial charge in [0.15, 0.2) is 0 Å². The molecule has 4 nitrogen and oxygen atoms in total. The van der Waals surface area contributed by atoms with E-state index in [-0.39, 0.29) is 11.6 Å². The topological polar surface area (TPSA) is 39.1 Å². The Bertz CT molecular complexity index is 589. The maximum absolute atomic E-state index is 5.90. The molecule has 4 heteroatoms. The SMILES string of the molecule is CCC(C)Oc1cccc(-n2cncc2C(C)(C)NC)c1. The number of imidazole rings is 1. The molecule has 2 aromatic rings. The summed E-state index contributed by atoms with van der Waals surface area (Å²) in [6.07, 6.45) is 4.96. The van der Waals surface area contributed by atoms with Gasteiger partial charge in [-0.2, -0.15) is 0 Å². The van der Waals surface area contributed by atoms with Gasteiger partial charge in [0.1, 0.15) is 5.75 Å². The summed E-state index contributed by atoms with van der Waals surface area (Å²) < 4.78 is 8.00. The molecule has 0 aliphatic carbocycles. The fourth-order valence-corrected chi connectivity index (χ4v) is 2.11. The van der Waals surface area contributed by atoms with Gasteiger partial charge in [-0.3, -0.25) is 0 Å². The second-order valence-corrected chi connectivity index (χ2v) is 5.86. The fraction of sp³-hybridized carbons (Fsp3) is 0.471. The van der Waals surface area contributed by atoms with E-state index in [1.165, 1.54) is 0 Å². The molecule has 1 aromatic heterocycles. The molecule has 0 saturated heterocycles. The second-order valence-electron chi connectivity index (χ2n) is 5.86.